The highest BCUT2D eigenvalue weighted by Gasteiger charge is 2.36. The van der Waals surface area contributed by atoms with E-state index in [2.05, 4.69) is 5.32 Å². The molecule has 8 heteroatoms. The van der Waals surface area contributed by atoms with E-state index in [0.29, 0.717) is 15.7 Å². The van der Waals surface area contributed by atoms with Crippen LogP contribution in [0.2, 0.25) is 10.0 Å². The van der Waals surface area contributed by atoms with Crippen LogP contribution in [0.5, 0.6) is 0 Å². The fourth-order valence-electron chi connectivity index (χ4n) is 3.14. The SMILES string of the molecule is Cc1ccc(C)c(N2C[C@@H](C(=O)OCC(=O)Nc3cc(Cl)ccc3Cl)CC2=O)c1. The molecule has 0 unspecified atom stereocenters. The van der Waals surface area contributed by atoms with Gasteiger partial charge < -0.3 is 15.0 Å². The summed E-state index contributed by atoms with van der Waals surface area (Å²) in [5.41, 5.74) is 3.10. The van der Waals surface area contributed by atoms with Crippen molar-refractivity contribution in [2.75, 3.05) is 23.4 Å². The molecule has 0 bridgehead atoms. The second kappa shape index (κ2) is 8.84. The minimum absolute atomic E-state index is 0.0496. The number of benzene rings is 2. The van der Waals surface area contributed by atoms with Crippen LogP contribution < -0.4 is 10.2 Å². The van der Waals surface area contributed by atoms with Gasteiger partial charge >= 0.3 is 5.97 Å². The van der Waals surface area contributed by atoms with Gasteiger partial charge in [-0.3, -0.25) is 14.4 Å². The Kier molecular flexibility index (Phi) is 6.45. The molecule has 0 aromatic heterocycles. The summed E-state index contributed by atoms with van der Waals surface area (Å²) in [7, 11) is 0. The Balaban J connectivity index is 1.57. The van der Waals surface area contributed by atoms with Gasteiger partial charge in [-0.2, -0.15) is 0 Å². The number of nitrogens with zero attached hydrogens (tertiary/aromatic N) is 1. The number of anilines is 2. The lowest BCUT2D eigenvalue weighted by Gasteiger charge is -2.19. The van der Waals surface area contributed by atoms with E-state index in [9.17, 15) is 14.4 Å². The molecule has 1 atom stereocenters. The zero-order chi connectivity index (χ0) is 21.1. The molecule has 0 saturated carbocycles. The summed E-state index contributed by atoms with van der Waals surface area (Å²) in [6.45, 7) is 3.61. The third kappa shape index (κ3) is 5.08. The maximum Gasteiger partial charge on any atom is 0.311 e. The highest BCUT2D eigenvalue weighted by molar-refractivity contribution is 6.35. The molecule has 0 spiro atoms. The zero-order valence-corrected chi connectivity index (χ0v) is 17.5. The molecular weight excluding hydrogens is 415 g/mol. The molecular formula is C21H20Cl2N2O4. The zero-order valence-electron chi connectivity index (χ0n) is 16.0. The number of halogens is 2. The van der Waals surface area contributed by atoms with Crippen molar-refractivity contribution in [3.63, 3.8) is 0 Å². The molecule has 2 aromatic rings. The molecule has 152 valence electrons. The van der Waals surface area contributed by atoms with E-state index in [1.54, 1.807) is 17.0 Å². The minimum Gasteiger partial charge on any atom is -0.455 e. The molecule has 1 fully saturated rings. The minimum atomic E-state index is -0.620. The molecule has 0 aliphatic carbocycles. The van der Waals surface area contributed by atoms with Crippen LogP contribution in [0.15, 0.2) is 36.4 Å². The first-order valence-corrected chi connectivity index (χ1v) is 9.79. The van der Waals surface area contributed by atoms with Crippen LogP contribution >= 0.6 is 23.2 Å². The van der Waals surface area contributed by atoms with Crippen molar-refractivity contribution in [2.24, 2.45) is 5.92 Å². The van der Waals surface area contributed by atoms with Gasteiger partial charge in [0.2, 0.25) is 5.91 Å². The lowest BCUT2D eigenvalue weighted by atomic mass is 10.1. The number of carbonyl (C=O) groups excluding carboxylic acids is 3. The van der Waals surface area contributed by atoms with Crippen molar-refractivity contribution in [1.29, 1.82) is 0 Å². The van der Waals surface area contributed by atoms with E-state index >= 15 is 0 Å². The average Bonchev–Trinajstić information content (AvgIpc) is 3.06. The molecule has 1 N–H and O–H groups in total. The number of hydrogen-bond acceptors (Lipinski definition) is 4. The number of esters is 1. The monoisotopic (exact) mass is 434 g/mol. The van der Waals surface area contributed by atoms with Gasteiger partial charge in [0.25, 0.3) is 5.91 Å². The second-order valence-electron chi connectivity index (χ2n) is 6.98. The van der Waals surface area contributed by atoms with Gasteiger partial charge in [-0.25, -0.2) is 0 Å². The summed E-state index contributed by atoms with van der Waals surface area (Å²) < 4.78 is 5.11. The number of aryl methyl sites for hydroxylation is 2. The summed E-state index contributed by atoms with van der Waals surface area (Å²) in [6, 6.07) is 10.5. The van der Waals surface area contributed by atoms with Crippen LogP contribution in [0.3, 0.4) is 0 Å². The smallest absolute Gasteiger partial charge is 0.311 e. The van der Waals surface area contributed by atoms with E-state index in [4.69, 9.17) is 27.9 Å². The van der Waals surface area contributed by atoms with E-state index in [1.165, 1.54) is 6.07 Å². The van der Waals surface area contributed by atoms with Gasteiger partial charge in [0, 0.05) is 23.7 Å². The van der Waals surface area contributed by atoms with E-state index in [-0.39, 0.29) is 18.9 Å². The van der Waals surface area contributed by atoms with Crippen LogP contribution in [0.1, 0.15) is 17.5 Å². The third-order valence-corrected chi connectivity index (χ3v) is 5.23. The van der Waals surface area contributed by atoms with Crippen LogP contribution in [0, 0.1) is 19.8 Å². The van der Waals surface area contributed by atoms with Gasteiger partial charge in [-0.15, -0.1) is 0 Å². The quantitative estimate of drug-likeness (QED) is 0.717. The first-order chi connectivity index (χ1) is 13.7. The molecule has 1 aliphatic heterocycles. The summed E-state index contributed by atoms with van der Waals surface area (Å²) >= 11 is 11.9. The van der Waals surface area contributed by atoms with Crippen LogP contribution in [0.4, 0.5) is 11.4 Å². The lowest BCUT2D eigenvalue weighted by molar-refractivity contribution is -0.151. The Morgan fingerprint density at radius 2 is 1.93 bits per heavy atom. The van der Waals surface area contributed by atoms with Gasteiger partial charge in [0.1, 0.15) is 0 Å². The van der Waals surface area contributed by atoms with Crippen molar-refractivity contribution >= 4 is 52.4 Å². The molecule has 2 amide bonds. The molecule has 29 heavy (non-hydrogen) atoms. The molecule has 1 saturated heterocycles. The second-order valence-corrected chi connectivity index (χ2v) is 7.82. The molecule has 0 radical (unpaired) electrons. The normalized spacial score (nSPS) is 16.1. The Bertz CT molecular complexity index is 977. The van der Waals surface area contributed by atoms with E-state index in [0.717, 1.165) is 16.8 Å². The fourth-order valence-corrected chi connectivity index (χ4v) is 3.48. The van der Waals surface area contributed by atoms with Crippen LogP contribution in [-0.2, 0) is 19.1 Å². The lowest BCUT2D eigenvalue weighted by Crippen LogP contribution is -2.28. The summed E-state index contributed by atoms with van der Waals surface area (Å²) in [6.07, 6.45) is 0.0496. The standard InChI is InChI=1S/C21H20Cl2N2O4/c1-12-3-4-13(2)18(7-12)25-10-14(8-20(25)27)21(28)29-11-19(26)24-17-9-15(22)5-6-16(17)23/h3-7,9,14H,8,10-11H2,1-2H3,(H,24,26)/t14-/m0/s1. The van der Waals surface area contributed by atoms with Crippen LogP contribution in [-0.4, -0.2) is 30.9 Å². The number of amides is 2. The number of ether oxygens (including phenoxy) is 1. The Morgan fingerprint density at radius 1 is 1.17 bits per heavy atom. The molecule has 3 rings (SSSR count). The van der Waals surface area contributed by atoms with Gasteiger partial charge in [-0.1, -0.05) is 35.3 Å². The molecule has 1 aliphatic rings. The maximum absolute atomic E-state index is 12.4. The number of carbonyl (C=O) groups is 3. The first-order valence-electron chi connectivity index (χ1n) is 9.03. The van der Waals surface area contributed by atoms with Crippen molar-refractivity contribution in [1.82, 2.24) is 0 Å². The number of rotatable bonds is 5. The van der Waals surface area contributed by atoms with E-state index < -0.39 is 24.4 Å². The third-order valence-electron chi connectivity index (χ3n) is 4.66. The highest BCUT2D eigenvalue weighted by atomic mass is 35.5. The van der Waals surface area contributed by atoms with Gasteiger partial charge in [0.15, 0.2) is 6.61 Å². The van der Waals surface area contributed by atoms with Crippen LogP contribution in [0.25, 0.3) is 0 Å². The van der Waals surface area contributed by atoms with Gasteiger partial charge in [-0.05, 0) is 49.2 Å². The van der Waals surface area contributed by atoms with E-state index in [1.807, 2.05) is 32.0 Å². The van der Waals surface area contributed by atoms with Crippen molar-refractivity contribution in [3.8, 4) is 0 Å². The Morgan fingerprint density at radius 3 is 2.69 bits per heavy atom. The molecule has 2 aromatic carbocycles. The topological polar surface area (TPSA) is 75.7 Å². The predicted molar refractivity (Wildman–Crippen MR) is 112 cm³/mol. The Labute approximate surface area is 178 Å². The first kappa shape index (κ1) is 21.1. The predicted octanol–water partition coefficient (Wildman–Crippen LogP) is 4.15. The molecule has 1 heterocycles. The average molecular weight is 435 g/mol. The number of nitrogens with one attached hydrogen (secondary N) is 1. The highest BCUT2D eigenvalue weighted by Crippen LogP contribution is 2.29. The fraction of sp³-hybridized carbons (Fsp3) is 0.286. The maximum atomic E-state index is 12.4. The Hall–Kier alpha value is -2.57. The van der Waals surface area contributed by atoms with Gasteiger partial charge in [0.05, 0.1) is 16.6 Å². The number of hydrogen-bond donors (Lipinski definition) is 1. The van der Waals surface area contributed by atoms with Crippen molar-refractivity contribution in [2.45, 2.75) is 20.3 Å². The van der Waals surface area contributed by atoms with Crippen molar-refractivity contribution in [3.05, 3.63) is 57.6 Å². The summed E-state index contributed by atoms with van der Waals surface area (Å²) in [5.74, 6) is -1.89. The molecule has 6 nitrogen and oxygen atoms in total. The summed E-state index contributed by atoms with van der Waals surface area (Å²) in [5, 5.41) is 3.28. The van der Waals surface area contributed by atoms with Crippen molar-refractivity contribution < 1.29 is 19.1 Å². The summed E-state index contributed by atoms with van der Waals surface area (Å²) in [4.78, 5) is 38.4. The largest absolute Gasteiger partial charge is 0.455 e.